The van der Waals surface area contributed by atoms with Crippen LogP contribution in [0.25, 0.3) is 18.2 Å². The van der Waals surface area contributed by atoms with Crippen LogP contribution in [0.4, 0.5) is 0 Å². The fourth-order valence-electron chi connectivity index (χ4n) is 6.95. The molecule has 0 spiro atoms. The number of aldehydes is 3. The van der Waals surface area contributed by atoms with Crippen molar-refractivity contribution in [1.29, 1.82) is 0 Å². The Kier molecular flexibility index (Phi) is 67.8. The first-order valence-corrected chi connectivity index (χ1v) is 27.0. The largest absolute Gasteiger partial charge is 2.00 e. The van der Waals surface area contributed by atoms with Crippen molar-refractivity contribution in [3.8, 4) is 0 Å². The van der Waals surface area contributed by atoms with Crippen molar-refractivity contribution in [2.45, 2.75) is 149 Å². The number of furan rings is 6. The van der Waals surface area contributed by atoms with Crippen molar-refractivity contribution in [2.75, 3.05) is 34.0 Å². The van der Waals surface area contributed by atoms with Gasteiger partial charge in [-0.1, -0.05) is 7.43 Å². The first kappa shape index (κ1) is 93.2. The molecule has 0 saturated carbocycles. The molecule has 88 heavy (non-hydrogen) atoms. The Bertz CT molecular complexity index is 2440. The van der Waals surface area contributed by atoms with E-state index in [1.807, 2.05) is 6.92 Å². The van der Waals surface area contributed by atoms with E-state index in [9.17, 15) is 33.9 Å². The molecule has 0 aliphatic carbocycles. The molecule has 4 atom stereocenters. The number of carbonyl (C=O) groups excluding carboxylic acids is 6. The van der Waals surface area contributed by atoms with Gasteiger partial charge in [-0.2, -0.15) is 14.2 Å². The molecule has 0 aromatic carbocycles. The van der Waals surface area contributed by atoms with E-state index >= 15 is 0 Å². The molecule has 4 unspecified atom stereocenters. The van der Waals surface area contributed by atoms with E-state index in [1.165, 1.54) is 96.1 Å². The molecule has 6 aromatic rings. The third-order valence-electron chi connectivity index (χ3n) is 10.8. The van der Waals surface area contributed by atoms with E-state index in [4.69, 9.17) is 52.3 Å². The molecule has 7 N–H and O–H groups in total. The minimum atomic E-state index is -0.163. The summed E-state index contributed by atoms with van der Waals surface area (Å²) in [6, 6.07) is 20.3. The minimum absolute atomic E-state index is 0. The second kappa shape index (κ2) is 64.1. The van der Waals surface area contributed by atoms with E-state index in [-0.39, 0.29) is 116 Å². The van der Waals surface area contributed by atoms with E-state index in [0.717, 1.165) is 72.6 Å². The maximum absolute atomic E-state index is 11.4. The summed E-state index contributed by atoms with van der Waals surface area (Å²) in [5.41, 5.74) is 0. The van der Waals surface area contributed by atoms with Crippen LogP contribution in [0, 0.1) is 0 Å². The van der Waals surface area contributed by atoms with Gasteiger partial charge in [0.25, 0.3) is 0 Å². The smallest absolute Gasteiger partial charge is 1.00 e. The monoisotopic (exact) mass is 1270 g/mol. The fraction of sp³-hybridized carbons (Fsp3) is 0.438. The summed E-state index contributed by atoms with van der Waals surface area (Å²) < 4.78 is 45.5. The van der Waals surface area contributed by atoms with Gasteiger partial charge in [0.1, 0.15) is 35.4 Å². The van der Waals surface area contributed by atoms with E-state index in [2.05, 4.69) is 8.83 Å². The van der Waals surface area contributed by atoms with Crippen LogP contribution in [0.5, 0.6) is 0 Å². The van der Waals surface area contributed by atoms with Crippen LogP contribution in [-0.4, -0.2) is 173 Å². The molecule has 6 aromatic heterocycles. The van der Waals surface area contributed by atoms with Crippen molar-refractivity contribution in [3.63, 3.8) is 0 Å². The molecule has 0 amide bonds. The van der Waals surface area contributed by atoms with Crippen LogP contribution in [0.3, 0.4) is 0 Å². The van der Waals surface area contributed by atoms with E-state index in [1.54, 1.807) is 104 Å². The van der Waals surface area contributed by atoms with Crippen molar-refractivity contribution in [3.05, 3.63) is 163 Å². The zero-order valence-corrected chi connectivity index (χ0v) is 53.7. The third kappa shape index (κ3) is 53.1. The first-order valence-electron chi connectivity index (χ1n) is 27.0. The Labute approximate surface area is 559 Å². The number of allylic oxidation sites excluding steroid dienone is 3. The Balaban J connectivity index is -0.0000000733. The summed E-state index contributed by atoms with van der Waals surface area (Å²) in [5, 5.41) is 43.8. The minimum Gasteiger partial charge on any atom is -1.00 e. The van der Waals surface area contributed by atoms with Crippen LogP contribution < -0.4 is 10.2 Å². The van der Waals surface area contributed by atoms with Gasteiger partial charge in [0.15, 0.2) is 47.7 Å². The Morgan fingerprint density at radius 2 is 0.864 bits per heavy atom. The Morgan fingerprint density at radius 1 is 0.545 bits per heavy atom. The zero-order valence-electron chi connectivity index (χ0n) is 52.9. The second-order valence-electron chi connectivity index (χ2n) is 18.0. The summed E-state index contributed by atoms with van der Waals surface area (Å²) in [6.07, 6.45) is 32.6. The predicted molar refractivity (Wildman–Crippen MR) is 346 cm³/mol. The van der Waals surface area contributed by atoms with Gasteiger partial charge in [-0.25, -0.2) is 0 Å². The number of Topliss-reactive ketones (excluding diaryl/α,β-unsaturated/α-hetero) is 1. The van der Waals surface area contributed by atoms with Gasteiger partial charge in [0, 0.05) is 27.0 Å². The predicted octanol–water partition coefficient (Wildman–Crippen LogP) is 9.64. The second-order valence-corrected chi connectivity index (χ2v) is 18.0. The van der Waals surface area contributed by atoms with Gasteiger partial charge in [0.2, 0.25) is 0 Å². The van der Waals surface area contributed by atoms with Gasteiger partial charge >= 0.3 is 46.1 Å². The quantitative estimate of drug-likeness (QED) is 0.0385. The molecule has 0 radical (unpaired) electrons. The van der Waals surface area contributed by atoms with Crippen LogP contribution in [-0.2, 0) is 35.2 Å². The van der Waals surface area contributed by atoms with Crippen molar-refractivity contribution >= 4 is 101 Å². The number of hydrogen-bond acceptors (Lipinski definition) is 20. The number of ether oxygens (including phenoxy) is 3. The molecule has 496 valence electrons. The third-order valence-corrected chi connectivity index (χ3v) is 10.8. The summed E-state index contributed by atoms with van der Waals surface area (Å²) in [4.78, 5) is 60.7. The zero-order chi connectivity index (χ0) is 61.7. The van der Waals surface area contributed by atoms with Gasteiger partial charge in [-0.05, 0) is 214 Å². The maximum atomic E-state index is 11.4. The van der Waals surface area contributed by atoms with Crippen molar-refractivity contribution in [1.82, 2.24) is 0 Å². The molecule has 22 nitrogen and oxygen atoms in total. The van der Waals surface area contributed by atoms with Gasteiger partial charge < -0.3 is 84.8 Å². The summed E-state index contributed by atoms with van der Waals surface area (Å²) in [5.74, 6) is 3.50. The topological polar surface area (TPSA) is 379 Å². The number of aliphatic hydroxyl groups excluding tert-OH is 3. The van der Waals surface area contributed by atoms with Gasteiger partial charge in [-0.15, -0.1) is 0 Å². The molecule has 3 saturated heterocycles. The maximum Gasteiger partial charge on any atom is 2.00 e. The van der Waals surface area contributed by atoms with Gasteiger partial charge in [-0.3, -0.25) is 24.0 Å². The van der Waals surface area contributed by atoms with Crippen molar-refractivity contribution < 1.29 is 116 Å². The van der Waals surface area contributed by atoms with Crippen molar-refractivity contribution in [2.24, 2.45) is 0 Å². The van der Waals surface area contributed by atoms with Crippen LogP contribution >= 0.6 is 0 Å². The first-order chi connectivity index (χ1) is 40.2. The molecule has 3 aliphatic rings. The van der Waals surface area contributed by atoms with Gasteiger partial charge in [0.05, 0.1) is 61.8 Å². The molecule has 3 aliphatic heterocycles. The van der Waals surface area contributed by atoms with E-state index < -0.39 is 0 Å². The molecule has 9 rings (SSSR count). The average Bonchev–Trinajstić information content (AvgIpc) is 4.19. The van der Waals surface area contributed by atoms with Crippen LogP contribution in [0.15, 0.2) is 149 Å². The molecular weight excluding hydrogens is 1170 g/mol. The number of carbonyl (C=O) groups is 6. The summed E-state index contributed by atoms with van der Waals surface area (Å²) >= 11 is 0. The SMILES string of the molecule is C.CC(=O)/C=C/c1ccco1.CC(C)=O.CC(O)CCC1CCCO1.C[O-].C[O-].O.O.O=C(/C=C/c1ccco1)/C=C/c1ccco1.O=Cc1ccc(CO)o1.O=Cc1ccco1.O=Cc1ccco1.OC(CCC1CCCO1)CCC1CCCO1.[H-].[H-].[HH].[HH].[HH].[HH].[HH].[Mg+2].[Mg+2]. The molecule has 3 fully saturated rings. The number of ketones is 3. The Morgan fingerprint density at radius 3 is 1.09 bits per heavy atom. The van der Waals surface area contributed by atoms with E-state index in [0.29, 0.717) is 71.7 Å². The molecule has 24 heteroatoms. The molecule has 0 bridgehead atoms. The normalized spacial score (nSPS) is 15.1. The number of aliphatic hydroxyl groups is 3. The summed E-state index contributed by atoms with van der Waals surface area (Å²) in [6.45, 7) is 8.97. The van der Waals surface area contributed by atoms with Crippen LogP contribution in [0.2, 0.25) is 0 Å². The Hall–Kier alpha value is -5.95. The fourth-order valence-corrected chi connectivity index (χ4v) is 6.95. The summed E-state index contributed by atoms with van der Waals surface area (Å²) in [7, 11) is 1.50. The standard InChI is InChI=1S/C13H24O3.C13H10O3.C8H16O2.C8H8O2.C6H6O3.2C5H4O2.C3H6O.2CH3O.CH4.2Mg.2H2O.5H2.2H/c2*14-11(5-7-12-3-1-9-15-12)6-8-13-4-2-10-16-13;2*1-7(9)4-5-8-3-2-6-10-8;7-3-5-1-2-6(4-8)9-5;2*6-4-5-2-1-3-7-5;1-3(2)4;2*1-2;;;;;;;;;;;;/h11-14H,1-10H2;1-10H;7-9H,2-6H2,1H3;2-6H,1H3;1-3,8H,4H2;2*1-4H;1-2H3;2*1H3;1H4;;;2*1H2;5*1H;;/q;;;;;;;;2*-1;;2*+2;;;;;;;;2*-1/b;7-5+,8-6+;;5-4+;;;;;;;;;;;;;;;;;;. The average molecular weight is 1270 g/mol. The molecule has 9 heterocycles. The molecular formula is C64H104Mg2O22. The number of rotatable bonds is 19. The number of hydrogen-bond donors (Lipinski definition) is 3. The van der Waals surface area contributed by atoms with Crippen LogP contribution in [0.1, 0.15) is 177 Å².